The van der Waals surface area contributed by atoms with Gasteiger partial charge in [0.25, 0.3) is 0 Å². The molecule has 1 saturated carbocycles. The smallest absolute Gasteiger partial charge is 0.227 e. The van der Waals surface area contributed by atoms with Crippen molar-refractivity contribution in [2.75, 3.05) is 11.9 Å². The Hall–Kier alpha value is -2.24. The van der Waals surface area contributed by atoms with Crippen molar-refractivity contribution in [3.8, 4) is 5.75 Å². The van der Waals surface area contributed by atoms with E-state index in [4.69, 9.17) is 15.7 Å². The Bertz CT molecular complexity index is 495. The predicted octanol–water partition coefficient (Wildman–Crippen LogP) is 1.80. The lowest BCUT2D eigenvalue weighted by atomic mass is 10.1. The lowest BCUT2D eigenvalue weighted by Gasteiger charge is -2.11. The van der Waals surface area contributed by atoms with Gasteiger partial charge in [-0.3, -0.25) is 4.79 Å². The van der Waals surface area contributed by atoms with Gasteiger partial charge in [-0.25, -0.2) is 0 Å². The van der Waals surface area contributed by atoms with Gasteiger partial charge in [-0.1, -0.05) is 12.1 Å². The van der Waals surface area contributed by atoms with Crippen LogP contribution < -0.4 is 15.8 Å². The summed E-state index contributed by atoms with van der Waals surface area (Å²) in [6.45, 7) is 1.97. The summed E-state index contributed by atoms with van der Waals surface area (Å²) in [6.07, 6.45) is 2.30. The first-order valence-corrected chi connectivity index (χ1v) is 6.60. The van der Waals surface area contributed by atoms with Gasteiger partial charge in [0, 0.05) is 11.6 Å². The second kappa shape index (κ2) is 6.27. The molecule has 6 nitrogen and oxygen atoms in total. The van der Waals surface area contributed by atoms with Gasteiger partial charge < -0.3 is 21.0 Å². The molecule has 108 valence electrons. The van der Waals surface area contributed by atoms with Crippen LogP contribution in [0.4, 0.5) is 5.69 Å². The van der Waals surface area contributed by atoms with Gasteiger partial charge >= 0.3 is 0 Å². The van der Waals surface area contributed by atoms with E-state index >= 15 is 0 Å². The molecule has 6 heteroatoms. The Morgan fingerprint density at radius 1 is 1.50 bits per heavy atom. The molecule has 2 rings (SSSR count). The summed E-state index contributed by atoms with van der Waals surface area (Å²) in [7, 11) is 0. The maximum atomic E-state index is 11.9. The largest absolute Gasteiger partial charge is 0.486 e. The molecule has 1 aromatic rings. The van der Waals surface area contributed by atoms with Crippen molar-refractivity contribution >= 4 is 17.4 Å². The van der Waals surface area contributed by atoms with E-state index in [1.54, 1.807) is 24.3 Å². The Labute approximate surface area is 117 Å². The van der Waals surface area contributed by atoms with Crippen molar-refractivity contribution < 1.29 is 14.7 Å². The van der Waals surface area contributed by atoms with Crippen molar-refractivity contribution in [3.05, 3.63) is 24.3 Å². The van der Waals surface area contributed by atoms with Crippen molar-refractivity contribution in [2.45, 2.75) is 19.8 Å². The number of benzene rings is 1. The van der Waals surface area contributed by atoms with Crippen LogP contribution in [-0.4, -0.2) is 23.6 Å². The lowest BCUT2D eigenvalue weighted by Crippen LogP contribution is -2.22. The fourth-order valence-electron chi connectivity index (χ4n) is 1.89. The standard InChI is InChI=1S/C14H19N3O3/c1-9(10-2-3-10)14(18)16-11-4-6-12(7-5-11)20-8-13(15)17-19/h4-7,9-10,19H,2-3,8H2,1H3,(H2,15,17)(H,16,18). The molecule has 1 atom stereocenters. The first kappa shape index (κ1) is 14.2. The normalized spacial score (nSPS) is 16.6. The topological polar surface area (TPSA) is 96.9 Å². The maximum absolute atomic E-state index is 11.9. The first-order chi connectivity index (χ1) is 9.60. The summed E-state index contributed by atoms with van der Waals surface area (Å²) < 4.78 is 5.29. The third kappa shape index (κ3) is 3.88. The van der Waals surface area contributed by atoms with Crippen LogP contribution in [-0.2, 0) is 4.79 Å². The van der Waals surface area contributed by atoms with E-state index < -0.39 is 0 Å². The summed E-state index contributed by atoms with van der Waals surface area (Å²) in [5.74, 6) is 1.24. The van der Waals surface area contributed by atoms with E-state index in [1.165, 1.54) is 0 Å². The second-order valence-corrected chi connectivity index (χ2v) is 5.02. The zero-order valence-corrected chi connectivity index (χ0v) is 11.4. The van der Waals surface area contributed by atoms with Crippen LogP contribution in [0.15, 0.2) is 29.4 Å². The maximum Gasteiger partial charge on any atom is 0.227 e. The zero-order chi connectivity index (χ0) is 14.5. The van der Waals surface area contributed by atoms with E-state index in [0.29, 0.717) is 11.7 Å². The molecule has 1 fully saturated rings. The number of carbonyl (C=O) groups excluding carboxylic acids is 1. The summed E-state index contributed by atoms with van der Waals surface area (Å²) in [5, 5.41) is 14.1. The highest BCUT2D eigenvalue weighted by atomic mass is 16.5. The second-order valence-electron chi connectivity index (χ2n) is 5.02. The molecular formula is C14H19N3O3. The van der Waals surface area contributed by atoms with Crippen LogP contribution in [0.5, 0.6) is 5.75 Å². The number of amidine groups is 1. The number of nitrogens with zero attached hydrogens (tertiary/aromatic N) is 1. The SMILES string of the molecule is CC(C(=O)Nc1ccc(OC/C(N)=N/O)cc1)C1CC1. The number of nitrogens with one attached hydrogen (secondary N) is 1. The molecule has 1 aromatic carbocycles. The third-order valence-corrected chi connectivity index (χ3v) is 3.38. The lowest BCUT2D eigenvalue weighted by molar-refractivity contribution is -0.119. The van der Waals surface area contributed by atoms with E-state index in [0.717, 1.165) is 18.5 Å². The van der Waals surface area contributed by atoms with Crippen molar-refractivity contribution in [1.29, 1.82) is 0 Å². The van der Waals surface area contributed by atoms with Crippen molar-refractivity contribution in [3.63, 3.8) is 0 Å². The van der Waals surface area contributed by atoms with Crippen LogP contribution in [0.25, 0.3) is 0 Å². The summed E-state index contributed by atoms with van der Waals surface area (Å²) in [4.78, 5) is 11.9. The van der Waals surface area contributed by atoms with Gasteiger partial charge in [0.15, 0.2) is 5.84 Å². The number of rotatable bonds is 6. The van der Waals surface area contributed by atoms with E-state index in [-0.39, 0.29) is 24.3 Å². The monoisotopic (exact) mass is 277 g/mol. The number of amides is 1. The van der Waals surface area contributed by atoms with E-state index in [2.05, 4.69) is 10.5 Å². The number of ether oxygens (including phenoxy) is 1. The highest BCUT2D eigenvalue weighted by Gasteiger charge is 2.32. The van der Waals surface area contributed by atoms with Crippen LogP contribution in [0, 0.1) is 11.8 Å². The van der Waals surface area contributed by atoms with Crippen LogP contribution in [0.1, 0.15) is 19.8 Å². The van der Waals surface area contributed by atoms with E-state index in [9.17, 15) is 4.79 Å². The number of nitrogens with two attached hydrogens (primary N) is 1. The first-order valence-electron chi connectivity index (χ1n) is 6.60. The molecule has 0 heterocycles. The molecule has 0 radical (unpaired) electrons. The minimum Gasteiger partial charge on any atom is -0.486 e. The van der Waals surface area contributed by atoms with Gasteiger partial charge in [0.1, 0.15) is 12.4 Å². The highest BCUT2D eigenvalue weighted by Crippen LogP contribution is 2.37. The molecule has 0 aliphatic heterocycles. The Morgan fingerprint density at radius 3 is 2.70 bits per heavy atom. The van der Waals surface area contributed by atoms with Crippen LogP contribution in [0.3, 0.4) is 0 Å². The van der Waals surface area contributed by atoms with Crippen LogP contribution in [0.2, 0.25) is 0 Å². The molecule has 0 bridgehead atoms. The molecule has 1 unspecified atom stereocenters. The number of oxime groups is 1. The third-order valence-electron chi connectivity index (χ3n) is 3.38. The minimum atomic E-state index is 0.000590. The number of hydrogen-bond acceptors (Lipinski definition) is 4. The quantitative estimate of drug-likeness (QED) is 0.319. The summed E-state index contributed by atoms with van der Waals surface area (Å²) >= 11 is 0. The average Bonchev–Trinajstić information content (AvgIpc) is 3.29. The minimum absolute atomic E-state index is 0.000590. The molecule has 1 amide bonds. The van der Waals surface area contributed by atoms with Crippen LogP contribution >= 0.6 is 0 Å². The molecule has 0 spiro atoms. The van der Waals surface area contributed by atoms with Gasteiger partial charge in [-0.2, -0.15) is 0 Å². The molecular weight excluding hydrogens is 258 g/mol. The Kier molecular flexibility index (Phi) is 4.45. The zero-order valence-electron chi connectivity index (χ0n) is 11.4. The fourth-order valence-corrected chi connectivity index (χ4v) is 1.89. The number of carbonyl (C=O) groups is 1. The summed E-state index contributed by atoms with van der Waals surface area (Å²) in [6, 6.07) is 6.97. The Morgan fingerprint density at radius 2 is 2.15 bits per heavy atom. The Balaban J connectivity index is 1.86. The molecule has 0 saturated heterocycles. The molecule has 1 aliphatic rings. The number of anilines is 1. The number of hydrogen-bond donors (Lipinski definition) is 3. The molecule has 0 aromatic heterocycles. The molecule has 1 aliphatic carbocycles. The summed E-state index contributed by atoms with van der Waals surface area (Å²) in [5.41, 5.74) is 6.04. The van der Waals surface area contributed by atoms with Gasteiger partial charge in [-0.05, 0) is 43.0 Å². The molecule has 20 heavy (non-hydrogen) atoms. The average molecular weight is 277 g/mol. The van der Waals surface area contributed by atoms with E-state index in [1.807, 2.05) is 6.92 Å². The van der Waals surface area contributed by atoms with Gasteiger partial charge in [-0.15, -0.1) is 0 Å². The highest BCUT2D eigenvalue weighted by molar-refractivity contribution is 5.92. The fraction of sp³-hybridized carbons (Fsp3) is 0.429. The van der Waals surface area contributed by atoms with Crippen molar-refractivity contribution in [1.82, 2.24) is 0 Å². The van der Waals surface area contributed by atoms with Gasteiger partial charge in [0.05, 0.1) is 0 Å². The predicted molar refractivity (Wildman–Crippen MR) is 75.9 cm³/mol. The molecule has 4 N–H and O–H groups in total. The van der Waals surface area contributed by atoms with Gasteiger partial charge in [0.2, 0.25) is 5.91 Å². The van der Waals surface area contributed by atoms with Crippen molar-refractivity contribution in [2.24, 2.45) is 22.7 Å².